The molecule has 17 heavy (non-hydrogen) atoms. The molecule has 2 nitrogen and oxygen atoms in total. The lowest BCUT2D eigenvalue weighted by Crippen LogP contribution is -2.28. The Morgan fingerprint density at radius 3 is 2.53 bits per heavy atom. The van der Waals surface area contributed by atoms with Crippen molar-refractivity contribution in [1.82, 2.24) is 4.90 Å². The van der Waals surface area contributed by atoms with Crippen molar-refractivity contribution in [2.75, 3.05) is 7.05 Å². The van der Waals surface area contributed by atoms with Gasteiger partial charge in [0, 0.05) is 18.7 Å². The van der Waals surface area contributed by atoms with Gasteiger partial charge in [-0.3, -0.25) is 4.79 Å². The summed E-state index contributed by atoms with van der Waals surface area (Å²) in [5.41, 5.74) is -0.693. The van der Waals surface area contributed by atoms with Crippen LogP contribution in [0.3, 0.4) is 0 Å². The third kappa shape index (κ3) is 2.60. The molecule has 2 rings (SSSR count). The van der Waals surface area contributed by atoms with Crippen LogP contribution in [0.15, 0.2) is 24.3 Å². The average molecular weight is 243 g/mol. The second kappa shape index (κ2) is 4.05. The van der Waals surface area contributed by atoms with E-state index in [2.05, 4.69) is 0 Å². The summed E-state index contributed by atoms with van der Waals surface area (Å²) in [6, 6.07) is 4.74. The number of nitrogens with zero attached hydrogens (tertiary/aromatic N) is 1. The number of benzene rings is 1. The van der Waals surface area contributed by atoms with E-state index in [-0.39, 0.29) is 17.5 Å². The normalized spacial score (nSPS) is 15.8. The molecule has 1 saturated carbocycles. The van der Waals surface area contributed by atoms with Gasteiger partial charge in [-0.1, -0.05) is 6.07 Å². The van der Waals surface area contributed by atoms with Gasteiger partial charge in [0.15, 0.2) is 0 Å². The van der Waals surface area contributed by atoms with Crippen molar-refractivity contribution in [2.45, 2.75) is 25.1 Å². The van der Waals surface area contributed by atoms with Crippen molar-refractivity contribution in [3.63, 3.8) is 0 Å². The van der Waals surface area contributed by atoms with E-state index in [0.29, 0.717) is 0 Å². The van der Waals surface area contributed by atoms with Crippen LogP contribution < -0.4 is 0 Å². The van der Waals surface area contributed by atoms with Crippen molar-refractivity contribution < 1.29 is 18.0 Å². The van der Waals surface area contributed by atoms with E-state index in [9.17, 15) is 18.0 Å². The zero-order valence-electron chi connectivity index (χ0n) is 9.29. The zero-order valence-corrected chi connectivity index (χ0v) is 9.29. The number of halogens is 3. The molecule has 0 unspecified atom stereocenters. The van der Waals surface area contributed by atoms with E-state index < -0.39 is 11.7 Å². The molecular formula is C12H12F3NO. The van der Waals surface area contributed by atoms with Gasteiger partial charge >= 0.3 is 6.18 Å². The minimum atomic E-state index is -4.41. The van der Waals surface area contributed by atoms with Gasteiger partial charge in [0.2, 0.25) is 0 Å². The second-order valence-electron chi connectivity index (χ2n) is 4.23. The molecular weight excluding hydrogens is 231 g/mol. The molecule has 1 amide bonds. The number of amides is 1. The fourth-order valence-electron chi connectivity index (χ4n) is 1.66. The summed E-state index contributed by atoms with van der Waals surface area (Å²) in [6.45, 7) is 0. The van der Waals surface area contributed by atoms with Gasteiger partial charge in [-0.05, 0) is 31.0 Å². The summed E-state index contributed by atoms with van der Waals surface area (Å²) in [7, 11) is 1.63. The molecule has 0 N–H and O–H groups in total. The fraction of sp³-hybridized carbons (Fsp3) is 0.417. The predicted molar refractivity (Wildman–Crippen MR) is 56.6 cm³/mol. The van der Waals surface area contributed by atoms with E-state index in [4.69, 9.17) is 0 Å². The van der Waals surface area contributed by atoms with E-state index in [1.54, 1.807) is 7.05 Å². The number of carbonyl (C=O) groups is 1. The lowest BCUT2D eigenvalue weighted by Gasteiger charge is -2.17. The summed E-state index contributed by atoms with van der Waals surface area (Å²) in [5.74, 6) is -0.349. The smallest absolute Gasteiger partial charge is 0.339 e. The Morgan fingerprint density at radius 1 is 1.35 bits per heavy atom. The van der Waals surface area contributed by atoms with Crippen molar-refractivity contribution >= 4 is 5.91 Å². The minimum absolute atomic E-state index is 0.0919. The first kappa shape index (κ1) is 12.0. The highest BCUT2D eigenvalue weighted by molar-refractivity contribution is 5.94. The van der Waals surface area contributed by atoms with Gasteiger partial charge in [-0.25, -0.2) is 0 Å². The van der Waals surface area contributed by atoms with Gasteiger partial charge in [0.05, 0.1) is 5.56 Å². The number of alkyl halides is 3. The molecule has 1 aromatic rings. The molecule has 92 valence electrons. The maximum Gasteiger partial charge on any atom is 0.416 e. The number of hydrogen-bond acceptors (Lipinski definition) is 1. The molecule has 1 aliphatic rings. The van der Waals surface area contributed by atoms with Crippen LogP contribution in [0.1, 0.15) is 28.8 Å². The molecule has 0 spiro atoms. The summed E-state index contributed by atoms with van der Waals surface area (Å²) < 4.78 is 37.4. The standard InChI is InChI=1S/C12H12F3NO/c1-16(10-5-6-10)11(17)8-3-2-4-9(7-8)12(13,14)15/h2-4,7,10H,5-6H2,1H3. The maximum absolute atomic E-state index is 12.5. The second-order valence-corrected chi connectivity index (χ2v) is 4.23. The van der Waals surface area contributed by atoms with Crippen molar-refractivity contribution in [3.05, 3.63) is 35.4 Å². The lowest BCUT2D eigenvalue weighted by molar-refractivity contribution is -0.137. The molecule has 0 aromatic heterocycles. The maximum atomic E-state index is 12.5. The molecule has 0 aliphatic heterocycles. The van der Waals surface area contributed by atoms with E-state index in [0.717, 1.165) is 25.0 Å². The molecule has 0 saturated heterocycles. The SMILES string of the molecule is CN(C(=O)c1cccc(C(F)(F)F)c1)C1CC1. The first-order valence-electron chi connectivity index (χ1n) is 5.34. The Labute approximate surface area is 97.0 Å². The van der Waals surface area contributed by atoms with Crippen LogP contribution in [0.25, 0.3) is 0 Å². The third-order valence-electron chi connectivity index (χ3n) is 2.85. The van der Waals surface area contributed by atoms with E-state index >= 15 is 0 Å². The molecule has 5 heteroatoms. The van der Waals surface area contributed by atoms with Crippen LogP contribution in [-0.4, -0.2) is 23.9 Å². The predicted octanol–water partition coefficient (Wildman–Crippen LogP) is 2.94. The highest BCUT2D eigenvalue weighted by Gasteiger charge is 2.33. The Hall–Kier alpha value is -1.52. The van der Waals surface area contributed by atoms with Crippen LogP contribution in [0.4, 0.5) is 13.2 Å². The minimum Gasteiger partial charge on any atom is -0.339 e. The molecule has 0 heterocycles. The summed E-state index contributed by atoms with van der Waals surface area (Å²) >= 11 is 0. The Morgan fingerprint density at radius 2 is 2.00 bits per heavy atom. The monoisotopic (exact) mass is 243 g/mol. The Kier molecular flexibility index (Phi) is 2.85. The Balaban J connectivity index is 2.23. The molecule has 0 radical (unpaired) electrons. The highest BCUT2D eigenvalue weighted by atomic mass is 19.4. The highest BCUT2D eigenvalue weighted by Crippen LogP contribution is 2.31. The molecule has 1 fully saturated rings. The third-order valence-corrected chi connectivity index (χ3v) is 2.85. The molecule has 0 atom stereocenters. The van der Waals surface area contributed by atoms with Gasteiger partial charge in [-0.2, -0.15) is 13.2 Å². The number of rotatable bonds is 2. The average Bonchev–Trinajstić information content (AvgIpc) is 3.10. The van der Waals surface area contributed by atoms with Crippen molar-refractivity contribution in [2.24, 2.45) is 0 Å². The quantitative estimate of drug-likeness (QED) is 0.782. The first-order valence-corrected chi connectivity index (χ1v) is 5.34. The van der Waals surface area contributed by atoms with Crippen molar-refractivity contribution in [3.8, 4) is 0 Å². The van der Waals surface area contributed by atoms with Gasteiger partial charge in [0.25, 0.3) is 5.91 Å². The van der Waals surface area contributed by atoms with E-state index in [1.807, 2.05) is 0 Å². The fourth-order valence-corrected chi connectivity index (χ4v) is 1.66. The summed E-state index contributed by atoms with van der Waals surface area (Å²) in [5, 5.41) is 0. The van der Waals surface area contributed by atoms with Crippen LogP contribution in [0.5, 0.6) is 0 Å². The van der Waals surface area contributed by atoms with Crippen molar-refractivity contribution in [1.29, 1.82) is 0 Å². The van der Waals surface area contributed by atoms with Gasteiger partial charge in [0.1, 0.15) is 0 Å². The molecule has 1 aromatic carbocycles. The number of carbonyl (C=O) groups excluding carboxylic acids is 1. The Bertz CT molecular complexity index is 438. The summed E-state index contributed by atoms with van der Waals surface area (Å²) in [6.07, 6.45) is -2.54. The van der Waals surface area contributed by atoms with Gasteiger partial charge in [-0.15, -0.1) is 0 Å². The lowest BCUT2D eigenvalue weighted by atomic mass is 10.1. The van der Waals surface area contributed by atoms with Crippen LogP contribution >= 0.6 is 0 Å². The van der Waals surface area contributed by atoms with Gasteiger partial charge < -0.3 is 4.90 Å². The topological polar surface area (TPSA) is 20.3 Å². The molecule has 0 bridgehead atoms. The van der Waals surface area contributed by atoms with Crippen LogP contribution in [0, 0.1) is 0 Å². The van der Waals surface area contributed by atoms with E-state index in [1.165, 1.54) is 17.0 Å². The van der Waals surface area contributed by atoms with Crippen LogP contribution in [-0.2, 0) is 6.18 Å². The van der Waals surface area contributed by atoms with Crippen LogP contribution in [0.2, 0.25) is 0 Å². The summed E-state index contributed by atoms with van der Waals surface area (Å²) in [4.78, 5) is 13.4. The largest absolute Gasteiger partial charge is 0.416 e. The zero-order chi connectivity index (χ0) is 12.6. The number of hydrogen-bond donors (Lipinski definition) is 0. The molecule has 1 aliphatic carbocycles. The first-order chi connectivity index (χ1) is 7.89.